The summed E-state index contributed by atoms with van der Waals surface area (Å²) in [6, 6.07) is 12.5. The molecule has 1 fully saturated rings. The molecule has 0 radical (unpaired) electrons. The van der Waals surface area contributed by atoms with Gasteiger partial charge in [0.05, 0.1) is 30.1 Å². The Morgan fingerprint density at radius 2 is 1.58 bits per heavy atom. The Bertz CT molecular complexity index is 1010. The van der Waals surface area contributed by atoms with Crippen LogP contribution in [0.1, 0.15) is 26.3 Å². The van der Waals surface area contributed by atoms with Crippen LogP contribution in [0.5, 0.6) is 5.75 Å². The molecule has 0 aromatic heterocycles. The summed E-state index contributed by atoms with van der Waals surface area (Å²) in [5.41, 5.74) is 1.57. The molecule has 0 spiro atoms. The molecule has 2 amide bonds. The topological polar surface area (TPSA) is 59.1 Å². The molecule has 6 nitrogen and oxygen atoms in total. The smallest absolute Gasteiger partial charge is 0.282 e. The van der Waals surface area contributed by atoms with E-state index in [0.29, 0.717) is 42.4 Å². The number of hydrogen-bond acceptors (Lipinski definition) is 5. The molecule has 2 unspecified atom stereocenters. The van der Waals surface area contributed by atoms with Gasteiger partial charge in [0, 0.05) is 13.1 Å². The van der Waals surface area contributed by atoms with Crippen LogP contribution in [0.25, 0.3) is 5.57 Å². The van der Waals surface area contributed by atoms with Crippen molar-refractivity contribution in [2.24, 2.45) is 0 Å². The number of anilines is 1. The molecular formula is C24H25FN2O4. The van der Waals surface area contributed by atoms with Crippen molar-refractivity contribution in [2.45, 2.75) is 33.0 Å². The molecule has 2 aromatic rings. The molecular weight excluding hydrogens is 399 g/mol. The Balaban J connectivity index is 1.77. The van der Waals surface area contributed by atoms with E-state index in [1.807, 2.05) is 25.7 Å². The number of rotatable bonds is 5. The zero-order valence-corrected chi connectivity index (χ0v) is 17.8. The lowest BCUT2D eigenvalue weighted by atomic mass is 10.0. The van der Waals surface area contributed by atoms with Crippen molar-refractivity contribution < 1.29 is 23.5 Å². The number of benzene rings is 2. The van der Waals surface area contributed by atoms with Gasteiger partial charge in [0.2, 0.25) is 0 Å². The molecule has 1 saturated heterocycles. The van der Waals surface area contributed by atoms with Gasteiger partial charge in [0.1, 0.15) is 17.3 Å². The van der Waals surface area contributed by atoms with E-state index in [1.165, 1.54) is 29.2 Å². The maximum atomic E-state index is 13.5. The summed E-state index contributed by atoms with van der Waals surface area (Å²) in [4.78, 5) is 30.1. The van der Waals surface area contributed by atoms with Gasteiger partial charge < -0.3 is 14.4 Å². The highest BCUT2D eigenvalue weighted by Crippen LogP contribution is 2.36. The van der Waals surface area contributed by atoms with Gasteiger partial charge in [-0.15, -0.1) is 0 Å². The number of nitrogens with zero attached hydrogens (tertiary/aromatic N) is 2. The number of carbonyl (C=O) groups excluding carboxylic acids is 2. The predicted octanol–water partition coefficient (Wildman–Crippen LogP) is 3.62. The molecule has 4 rings (SSSR count). The van der Waals surface area contributed by atoms with Crippen molar-refractivity contribution in [3.8, 4) is 5.75 Å². The summed E-state index contributed by atoms with van der Waals surface area (Å²) >= 11 is 0. The van der Waals surface area contributed by atoms with E-state index >= 15 is 0 Å². The molecule has 7 heteroatoms. The quantitative estimate of drug-likeness (QED) is 0.687. The van der Waals surface area contributed by atoms with E-state index in [1.54, 1.807) is 24.3 Å². The fourth-order valence-electron chi connectivity index (χ4n) is 4.14. The minimum Gasteiger partial charge on any atom is -0.494 e. The summed E-state index contributed by atoms with van der Waals surface area (Å²) in [6.07, 6.45) is -0.179. The van der Waals surface area contributed by atoms with Crippen molar-refractivity contribution in [2.75, 3.05) is 24.6 Å². The highest BCUT2D eigenvalue weighted by atomic mass is 19.1. The van der Waals surface area contributed by atoms with E-state index in [0.717, 1.165) is 0 Å². The van der Waals surface area contributed by atoms with Gasteiger partial charge in [-0.1, -0.05) is 12.1 Å². The van der Waals surface area contributed by atoms with Gasteiger partial charge in [-0.2, -0.15) is 0 Å². The normalized spacial score (nSPS) is 21.8. The van der Waals surface area contributed by atoms with Crippen molar-refractivity contribution in [3.63, 3.8) is 0 Å². The molecule has 2 aromatic carbocycles. The van der Waals surface area contributed by atoms with Crippen LogP contribution < -0.4 is 9.64 Å². The van der Waals surface area contributed by atoms with Gasteiger partial charge in [-0.05, 0) is 62.7 Å². The standard InChI is InChI=1S/C24H25FN2O4/c1-4-30-20-11-9-19(10-12-20)27-23(28)21(17-5-7-18(25)8-6-17)22(24(27)29)26-13-15(2)31-16(3)14-26/h5-12,15-16H,4,13-14H2,1-3H3. The summed E-state index contributed by atoms with van der Waals surface area (Å²) in [5, 5.41) is 0. The van der Waals surface area contributed by atoms with Gasteiger partial charge >= 0.3 is 0 Å². The number of ether oxygens (including phenoxy) is 2. The molecule has 31 heavy (non-hydrogen) atoms. The van der Waals surface area contributed by atoms with Crippen LogP contribution >= 0.6 is 0 Å². The highest BCUT2D eigenvalue weighted by Gasteiger charge is 2.43. The van der Waals surface area contributed by atoms with Gasteiger partial charge in [-0.25, -0.2) is 9.29 Å². The Kier molecular flexibility index (Phi) is 5.78. The molecule has 2 aliphatic rings. The lowest BCUT2D eigenvalue weighted by Gasteiger charge is -2.37. The third-order valence-corrected chi connectivity index (χ3v) is 5.33. The van der Waals surface area contributed by atoms with Gasteiger partial charge in [-0.3, -0.25) is 9.59 Å². The SMILES string of the molecule is CCOc1ccc(N2C(=O)C(c3ccc(F)cc3)=C(N3CC(C)OC(C)C3)C2=O)cc1. The Morgan fingerprint density at radius 1 is 0.968 bits per heavy atom. The zero-order valence-electron chi connectivity index (χ0n) is 17.8. The largest absolute Gasteiger partial charge is 0.494 e. The first-order valence-electron chi connectivity index (χ1n) is 10.4. The van der Waals surface area contributed by atoms with Crippen molar-refractivity contribution in [1.29, 1.82) is 0 Å². The molecule has 162 valence electrons. The van der Waals surface area contributed by atoms with Crippen molar-refractivity contribution >= 4 is 23.1 Å². The molecule has 2 atom stereocenters. The number of morpholine rings is 1. The lowest BCUT2D eigenvalue weighted by molar-refractivity contribution is -0.121. The first-order chi connectivity index (χ1) is 14.9. The molecule has 0 N–H and O–H groups in total. The van der Waals surface area contributed by atoms with Crippen LogP contribution in [0.15, 0.2) is 54.2 Å². The van der Waals surface area contributed by atoms with E-state index < -0.39 is 17.6 Å². The number of amides is 2. The minimum atomic E-state index is -0.428. The van der Waals surface area contributed by atoms with E-state index in [9.17, 15) is 14.0 Å². The van der Waals surface area contributed by atoms with Crippen LogP contribution in [0.2, 0.25) is 0 Å². The average Bonchev–Trinajstić information content (AvgIpc) is 2.99. The van der Waals surface area contributed by atoms with Crippen molar-refractivity contribution in [1.82, 2.24) is 4.90 Å². The zero-order chi connectivity index (χ0) is 22.1. The Labute approximate surface area is 180 Å². The third kappa shape index (κ3) is 4.05. The van der Waals surface area contributed by atoms with Crippen LogP contribution in [0.3, 0.4) is 0 Å². The second kappa shape index (κ2) is 8.51. The third-order valence-electron chi connectivity index (χ3n) is 5.33. The van der Waals surface area contributed by atoms with Crippen LogP contribution in [-0.4, -0.2) is 48.6 Å². The van der Waals surface area contributed by atoms with Crippen LogP contribution in [0.4, 0.5) is 10.1 Å². The number of hydrogen-bond donors (Lipinski definition) is 0. The van der Waals surface area contributed by atoms with Gasteiger partial charge in [0.15, 0.2) is 0 Å². The minimum absolute atomic E-state index is 0.0897. The predicted molar refractivity (Wildman–Crippen MR) is 115 cm³/mol. The number of halogens is 1. The van der Waals surface area contributed by atoms with E-state index in [-0.39, 0.29) is 17.8 Å². The second-order valence-electron chi connectivity index (χ2n) is 7.77. The first kappa shape index (κ1) is 21.1. The first-order valence-corrected chi connectivity index (χ1v) is 10.4. The molecule has 2 heterocycles. The van der Waals surface area contributed by atoms with E-state index in [4.69, 9.17) is 9.47 Å². The Morgan fingerprint density at radius 3 is 2.16 bits per heavy atom. The number of imide groups is 1. The summed E-state index contributed by atoms with van der Waals surface area (Å²) in [7, 11) is 0. The summed E-state index contributed by atoms with van der Waals surface area (Å²) < 4.78 is 24.8. The highest BCUT2D eigenvalue weighted by molar-refractivity contribution is 6.45. The van der Waals surface area contributed by atoms with Crippen molar-refractivity contribution in [3.05, 3.63) is 65.6 Å². The van der Waals surface area contributed by atoms with Gasteiger partial charge in [0.25, 0.3) is 11.8 Å². The molecule has 2 aliphatic heterocycles. The van der Waals surface area contributed by atoms with E-state index in [2.05, 4.69) is 0 Å². The molecule has 0 aliphatic carbocycles. The fourth-order valence-corrected chi connectivity index (χ4v) is 4.14. The maximum Gasteiger partial charge on any atom is 0.282 e. The van der Waals surface area contributed by atoms with Crippen LogP contribution in [-0.2, 0) is 14.3 Å². The van der Waals surface area contributed by atoms with Crippen LogP contribution in [0, 0.1) is 5.82 Å². The number of carbonyl (C=O) groups is 2. The monoisotopic (exact) mass is 424 g/mol. The summed E-state index contributed by atoms with van der Waals surface area (Å²) in [5.74, 6) is -0.565. The second-order valence-corrected chi connectivity index (χ2v) is 7.77. The Hall–Kier alpha value is -3.19. The fraction of sp³-hybridized carbons (Fsp3) is 0.333. The lowest BCUT2D eigenvalue weighted by Crippen LogP contribution is -2.47. The average molecular weight is 424 g/mol. The summed E-state index contributed by atoms with van der Waals surface area (Å²) in [6.45, 7) is 7.26. The maximum absolute atomic E-state index is 13.5. The molecule has 0 saturated carbocycles. The molecule has 0 bridgehead atoms.